The van der Waals surface area contributed by atoms with Crippen LogP contribution in [0, 0.1) is 13.8 Å². The molecule has 0 fully saturated rings. The van der Waals surface area contributed by atoms with Crippen LogP contribution in [-0.2, 0) is 11.2 Å². The Balaban J connectivity index is 0.00000288. The lowest BCUT2D eigenvalue weighted by molar-refractivity contribution is 0.153. The number of hydrogen-bond donors (Lipinski definition) is 2. The van der Waals surface area contributed by atoms with Gasteiger partial charge in [-0.1, -0.05) is 11.6 Å². The molecule has 1 aromatic rings. The van der Waals surface area contributed by atoms with Gasteiger partial charge in [0.15, 0.2) is 5.96 Å². The number of rotatable bonds is 7. The molecule has 7 heteroatoms. The first-order chi connectivity index (χ1) is 11.2. The summed E-state index contributed by atoms with van der Waals surface area (Å²) >= 11 is 1.78. The summed E-state index contributed by atoms with van der Waals surface area (Å²) < 4.78 is 5.33. The molecule has 0 aliphatic carbocycles. The number of nitrogens with one attached hydrogen (secondary N) is 2. The summed E-state index contributed by atoms with van der Waals surface area (Å²) in [5, 5.41) is 7.89. The SMILES string of the molecule is CCNC(=NCCc1nc(C)c(C)s1)NCCC1=CCOCC1.I. The van der Waals surface area contributed by atoms with Crippen molar-refractivity contribution in [1.29, 1.82) is 0 Å². The van der Waals surface area contributed by atoms with Crippen LogP contribution in [0.3, 0.4) is 0 Å². The average molecular weight is 464 g/mol. The Morgan fingerprint density at radius 1 is 1.33 bits per heavy atom. The van der Waals surface area contributed by atoms with Gasteiger partial charge in [-0.2, -0.15) is 0 Å². The molecule has 0 amide bonds. The number of guanidine groups is 1. The highest BCUT2D eigenvalue weighted by atomic mass is 127. The Morgan fingerprint density at radius 3 is 2.79 bits per heavy atom. The van der Waals surface area contributed by atoms with Crippen LogP contribution in [0.25, 0.3) is 0 Å². The van der Waals surface area contributed by atoms with Crippen molar-refractivity contribution in [2.75, 3.05) is 32.8 Å². The van der Waals surface area contributed by atoms with Gasteiger partial charge in [0.2, 0.25) is 0 Å². The second kappa shape index (κ2) is 11.8. The van der Waals surface area contributed by atoms with Crippen LogP contribution in [0.1, 0.15) is 35.3 Å². The van der Waals surface area contributed by atoms with E-state index in [4.69, 9.17) is 4.74 Å². The number of aryl methyl sites for hydroxylation is 2. The summed E-state index contributed by atoms with van der Waals surface area (Å²) in [5.41, 5.74) is 2.62. The minimum Gasteiger partial charge on any atom is -0.377 e. The monoisotopic (exact) mass is 464 g/mol. The molecule has 0 atom stereocenters. The van der Waals surface area contributed by atoms with Gasteiger partial charge in [-0.15, -0.1) is 35.3 Å². The molecule has 0 aromatic carbocycles. The topological polar surface area (TPSA) is 58.5 Å². The van der Waals surface area contributed by atoms with Crippen molar-refractivity contribution in [1.82, 2.24) is 15.6 Å². The largest absolute Gasteiger partial charge is 0.377 e. The van der Waals surface area contributed by atoms with E-state index in [-0.39, 0.29) is 24.0 Å². The summed E-state index contributed by atoms with van der Waals surface area (Å²) in [6, 6.07) is 0. The molecule has 0 radical (unpaired) electrons. The summed E-state index contributed by atoms with van der Waals surface area (Å²) in [5.74, 6) is 0.894. The van der Waals surface area contributed by atoms with Gasteiger partial charge in [0.05, 0.1) is 23.9 Å². The molecule has 24 heavy (non-hydrogen) atoms. The Morgan fingerprint density at radius 2 is 2.17 bits per heavy atom. The quantitative estimate of drug-likeness (QED) is 0.282. The highest BCUT2D eigenvalue weighted by Crippen LogP contribution is 2.16. The minimum atomic E-state index is 0. The third-order valence-corrected chi connectivity index (χ3v) is 4.94. The van der Waals surface area contributed by atoms with Gasteiger partial charge in [0.1, 0.15) is 0 Å². The Labute approximate surface area is 166 Å². The van der Waals surface area contributed by atoms with Gasteiger partial charge in [-0.3, -0.25) is 4.99 Å². The van der Waals surface area contributed by atoms with E-state index in [0.29, 0.717) is 0 Å². The molecule has 5 nitrogen and oxygen atoms in total. The number of aromatic nitrogens is 1. The lowest BCUT2D eigenvalue weighted by atomic mass is 10.1. The third-order valence-electron chi connectivity index (χ3n) is 3.81. The van der Waals surface area contributed by atoms with Gasteiger partial charge in [0.25, 0.3) is 0 Å². The molecule has 2 heterocycles. The first-order valence-electron chi connectivity index (χ1n) is 8.39. The molecule has 0 spiro atoms. The molecule has 136 valence electrons. The molecule has 0 bridgehead atoms. The minimum absolute atomic E-state index is 0. The van der Waals surface area contributed by atoms with Crippen LogP contribution in [0.15, 0.2) is 16.6 Å². The number of aliphatic imine (C=N–C) groups is 1. The fourth-order valence-electron chi connectivity index (χ4n) is 2.39. The van der Waals surface area contributed by atoms with Gasteiger partial charge < -0.3 is 15.4 Å². The molecule has 2 rings (SSSR count). The fraction of sp³-hybridized carbons (Fsp3) is 0.647. The third kappa shape index (κ3) is 7.48. The zero-order valence-corrected chi connectivity index (χ0v) is 18.0. The van der Waals surface area contributed by atoms with E-state index in [1.54, 1.807) is 11.3 Å². The van der Waals surface area contributed by atoms with Crippen molar-refractivity contribution in [3.8, 4) is 0 Å². The fourth-order valence-corrected chi connectivity index (χ4v) is 3.31. The maximum atomic E-state index is 5.33. The standard InChI is InChI=1S/C17H28N4OS.HI/c1-4-18-17(19-9-5-15-7-11-22-12-8-15)20-10-6-16-21-13(2)14(3)23-16;/h7H,4-6,8-12H2,1-3H3,(H2,18,19,20);1H. The van der Waals surface area contributed by atoms with Crippen LogP contribution in [0.5, 0.6) is 0 Å². The maximum absolute atomic E-state index is 5.33. The predicted octanol–water partition coefficient (Wildman–Crippen LogP) is 3.21. The highest BCUT2D eigenvalue weighted by Gasteiger charge is 2.05. The summed E-state index contributed by atoms with van der Waals surface area (Å²) in [6.07, 6.45) is 5.21. The maximum Gasteiger partial charge on any atom is 0.191 e. The van der Waals surface area contributed by atoms with Crippen LogP contribution < -0.4 is 10.6 Å². The van der Waals surface area contributed by atoms with Crippen molar-refractivity contribution < 1.29 is 4.74 Å². The molecule has 2 N–H and O–H groups in total. The zero-order valence-electron chi connectivity index (χ0n) is 14.9. The number of nitrogens with zero attached hydrogens (tertiary/aromatic N) is 2. The van der Waals surface area contributed by atoms with Crippen molar-refractivity contribution in [3.63, 3.8) is 0 Å². The average Bonchev–Trinajstić information content (AvgIpc) is 2.86. The van der Waals surface area contributed by atoms with Crippen molar-refractivity contribution in [2.45, 2.75) is 40.0 Å². The zero-order chi connectivity index (χ0) is 16.5. The van der Waals surface area contributed by atoms with E-state index in [1.807, 2.05) is 0 Å². The molecule has 0 unspecified atom stereocenters. The number of halogens is 1. The second-order valence-corrected chi connectivity index (χ2v) is 6.91. The second-order valence-electron chi connectivity index (χ2n) is 5.62. The van der Waals surface area contributed by atoms with E-state index in [0.717, 1.165) is 63.8 Å². The summed E-state index contributed by atoms with van der Waals surface area (Å²) in [4.78, 5) is 10.5. The Hall–Kier alpha value is -0.670. The molecule has 0 saturated carbocycles. The van der Waals surface area contributed by atoms with Gasteiger partial charge in [-0.25, -0.2) is 4.98 Å². The smallest absolute Gasteiger partial charge is 0.191 e. The van der Waals surface area contributed by atoms with E-state index >= 15 is 0 Å². The molecular weight excluding hydrogens is 435 g/mol. The highest BCUT2D eigenvalue weighted by molar-refractivity contribution is 14.0. The first-order valence-corrected chi connectivity index (χ1v) is 9.21. The van der Waals surface area contributed by atoms with Crippen LogP contribution in [0.4, 0.5) is 0 Å². The van der Waals surface area contributed by atoms with E-state index < -0.39 is 0 Å². The van der Waals surface area contributed by atoms with Crippen molar-refractivity contribution in [2.24, 2.45) is 4.99 Å². The normalized spacial score (nSPS) is 14.8. The van der Waals surface area contributed by atoms with Crippen molar-refractivity contribution >= 4 is 41.3 Å². The van der Waals surface area contributed by atoms with Crippen LogP contribution in [0.2, 0.25) is 0 Å². The van der Waals surface area contributed by atoms with E-state index in [2.05, 4.69) is 47.5 Å². The number of ether oxygens (including phenoxy) is 1. The van der Waals surface area contributed by atoms with Gasteiger partial charge >= 0.3 is 0 Å². The summed E-state index contributed by atoms with van der Waals surface area (Å²) in [6.45, 7) is 10.4. The first kappa shape index (κ1) is 21.4. The van der Waals surface area contributed by atoms with Gasteiger partial charge in [0, 0.05) is 30.9 Å². The Kier molecular flexibility index (Phi) is 10.5. The lowest BCUT2D eigenvalue weighted by Gasteiger charge is -2.15. The van der Waals surface area contributed by atoms with E-state index in [9.17, 15) is 0 Å². The summed E-state index contributed by atoms with van der Waals surface area (Å²) in [7, 11) is 0. The molecule has 0 saturated heterocycles. The Bertz CT molecular complexity index is 537. The van der Waals surface area contributed by atoms with Crippen LogP contribution >= 0.6 is 35.3 Å². The van der Waals surface area contributed by atoms with Crippen molar-refractivity contribution in [3.05, 3.63) is 27.2 Å². The van der Waals surface area contributed by atoms with Crippen LogP contribution in [-0.4, -0.2) is 43.8 Å². The lowest BCUT2D eigenvalue weighted by Crippen LogP contribution is -2.38. The molecular formula is C17H29IN4OS. The predicted molar refractivity (Wildman–Crippen MR) is 113 cm³/mol. The molecule has 1 aliphatic rings. The number of thiazole rings is 1. The molecule has 1 aromatic heterocycles. The molecule has 1 aliphatic heterocycles. The number of hydrogen-bond acceptors (Lipinski definition) is 4. The van der Waals surface area contributed by atoms with E-state index in [1.165, 1.54) is 15.5 Å². The van der Waals surface area contributed by atoms with Gasteiger partial charge in [-0.05, 0) is 33.6 Å².